The van der Waals surface area contributed by atoms with Gasteiger partial charge in [-0.05, 0) is 43.7 Å². The molecule has 31 heavy (non-hydrogen) atoms. The van der Waals surface area contributed by atoms with Crippen molar-refractivity contribution in [3.05, 3.63) is 66.7 Å². The molecule has 2 aromatic heterocycles. The maximum Gasteiger partial charge on any atom is 0.260 e. The number of ether oxygens (including phenoxy) is 2. The molecule has 0 saturated heterocycles. The molecule has 0 radical (unpaired) electrons. The number of rotatable bonds is 9. The molecule has 0 atom stereocenters. The maximum atomic E-state index is 13.5. The summed E-state index contributed by atoms with van der Waals surface area (Å²) in [7, 11) is 1.59. The summed E-state index contributed by atoms with van der Waals surface area (Å²) < 4.78 is 14.0. The van der Waals surface area contributed by atoms with Gasteiger partial charge in [-0.2, -0.15) is 0 Å². The Morgan fingerprint density at radius 1 is 1.23 bits per heavy atom. The molecule has 0 saturated carbocycles. The largest absolute Gasteiger partial charge is 0.497 e. The van der Waals surface area contributed by atoms with Crippen molar-refractivity contribution in [3.8, 4) is 11.5 Å². The molecular formula is C23H24N4O3S. The fourth-order valence-corrected chi connectivity index (χ4v) is 4.33. The molecule has 1 amide bonds. The molecule has 0 bridgehead atoms. The predicted octanol–water partition coefficient (Wildman–Crippen LogP) is 4.64. The minimum absolute atomic E-state index is 0.110. The number of aromatic nitrogens is 3. The molecule has 7 nitrogen and oxygen atoms in total. The highest BCUT2D eigenvalue weighted by Crippen LogP contribution is 2.35. The number of aryl methyl sites for hydroxylation is 1. The second-order valence-corrected chi connectivity index (χ2v) is 7.88. The van der Waals surface area contributed by atoms with Gasteiger partial charge in [-0.1, -0.05) is 23.5 Å². The highest BCUT2D eigenvalue weighted by Gasteiger charge is 2.22. The van der Waals surface area contributed by atoms with Gasteiger partial charge in [-0.15, -0.1) is 0 Å². The number of carbonyl (C=O) groups is 1. The number of hydrogen-bond acceptors (Lipinski definition) is 6. The SMILES string of the molecule is CCOc1cccc2sc(N(CCCn3ccnc3)C(=O)c3cccc(OC)c3)nc12. The van der Waals surface area contributed by atoms with Gasteiger partial charge < -0.3 is 14.0 Å². The van der Waals surface area contributed by atoms with Gasteiger partial charge in [-0.3, -0.25) is 9.69 Å². The summed E-state index contributed by atoms with van der Waals surface area (Å²) in [5.41, 5.74) is 1.34. The van der Waals surface area contributed by atoms with Crippen LogP contribution in [0.2, 0.25) is 0 Å². The minimum Gasteiger partial charge on any atom is -0.497 e. The van der Waals surface area contributed by atoms with Crippen LogP contribution in [0.25, 0.3) is 10.2 Å². The number of carbonyl (C=O) groups excluding carboxylic acids is 1. The lowest BCUT2D eigenvalue weighted by atomic mass is 10.2. The molecule has 0 fully saturated rings. The predicted molar refractivity (Wildman–Crippen MR) is 122 cm³/mol. The average Bonchev–Trinajstić information content (AvgIpc) is 3.47. The van der Waals surface area contributed by atoms with E-state index in [0.717, 1.165) is 28.9 Å². The van der Waals surface area contributed by atoms with E-state index in [-0.39, 0.29) is 5.91 Å². The van der Waals surface area contributed by atoms with Gasteiger partial charge in [0.25, 0.3) is 5.91 Å². The van der Waals surface area contributed by atoms with Gasteiger partial charge in [0.2, 0.25) is 0 Å². The number of para-hydroxylation sites is 1. The Kier molecular flexibility index (Phi) is 6.47. The molecule has 4 aromatic rings. The summed E-state index contributed by atoms with van der Waals surface area (Å²) in [6.45, 7) is 3.79. The zero-order chi connectivity index (χ0) is 21.6. The third-order valence-corrected chi connectivity index (χ3v) is 5.86. The van der Waals surface area contributed by atoms with Gasteiger partial charge in [0.1, 0.15) is 17.0 Å². The molecule has 160 valence electrons. The number of methoxy groups -OCH3 is 1. The molecule has 0 aliphatic heterocycles. The van der Waals surface area contributed by atoms with E-state index in [4.69, 9.17) is 14.5 Å². The molecule has 2 heterocycles. The normalized spacial score (nSPS) is 10.9. The molecule has 4 rings (SSSR count). The molecule has 0 aliphatic rings. The van der Waals surface area contributed by atoms with Crippen LogP contribution in [0.5, 0.6) is 11.5 Å². The number of hydrogen-bond donors (Lipinski definition) is 0. The molecule has 2 aromatic carbocycles. The number of fused-ring (bicyclic) bond motifs is 1. The number of imidazole rings is 1. The van der Waals surface area contributed by atoms with Crippen molar-refractivity contribution in [1.82, 2.24) is 14.5 Å². The monoisotopic (exact) mass is 436 g/mol. The standard InChI is InChI=1S/C23H24N4O3S/c1-3-30-19-9-5-10-20-21(19)25-23(31-20)27(13-6-12-26-14-11-24-16-26)22(28)17-7-4-8-18(15-17)29-2/h4-5,7-11,14-16H,3,6,12-13H2,1-2H3. The highest BCUT2D eigenvalue weighted by molar-refractivity contribution is 7.22. The van der Waals surface area contributed by atoms with Crippen molar-refractivity contribution in [3.63, 3.8) is 0 Å². The van der Waals surface area contributed by atoms with Crippen LogP contribution in [0.3, 0.4) is 0 Å². The minimum atomic E-state index is -0.110. The third kappa shape index (κ3) is 4.69. The van der Waals surface area contributed by atoms with Gasteiger partial charge >= 0.3 is 0 Å². The van der Waals surface area contributed by atoms with Crippen LogP contribution in [0, 0.1) is 0 Å². The smallest absolute Gasteiger partial charge is 0.260 e. The third-order valence-electron chi connectivity index (χ3n) is 4.82. The van der Waals surface area contributed by atoms with E-state index in [1.54, 1.807) is 36.7 Å². The first-order valence-corrected chi connectivity index (χ1v) is 10.9. The Morgan fingerprint density at radius 2 is 2.10 bits per heavy atom. The van der Waals surface area contributed by atoms with E-state index in [1.807, 2.05) is 48.0 Å². The Balaban J connectivity index is 1.66. The maximum absolute atomic E-state index is 13.5. The number of amides is 1. The van der Waals surface area contributed by atoms with Crippen molar-refractivity contribution in [1.29, 1.82) is 0 Å². The lowest BCUT2D eigenvalue weighted by Gasteiger charge is -2.20. The van der Waals surface area contributed by atoms with Gasteiger partial charge in [-0.25, -0.2) is 9.97 Å². The van der Waals surface area contributed by atoms with Crippen LogP contribution in [0.4, 0.5) is 5.13 Å². The molecule has 8 heteroatoms. The summed E-state index contributed by atoms with van der Waals surface area (Å²) in [6, 6.07) is 13.0. The lowest BCUT2D eigenvalue weighted by molar-refractivity contribution is 0.0986. The molecule has 0 aliphatic carbocycles. The Labute approximate surface area is 184 Å². The first-order chi connectivity index (χ1) is 15.2. The van der Waals surface area contributed by atoms with Crippen LogP contribution in [0.1, 0.15) is 23.7 Å². The Hall–Kier alpha value is -3.39. The van der Waals surface area contributed by atoms with Gasteiger partial charge in [0, 0.05) is 31.0 Å². The van der Waals surface area contributed by atoms with Gasteiger partial charge in [0.05, 0.1) is 24.7 Å². The van der Waals surface area contributed by atoms with E-state index >= 15 is 0 Å². The zero-order valence-electron chi connectivity index (χ0n) is 17.5. The van der Waals surface area contributed by atoms with E-state index < -0.39 is 0 Å². The van der Waals surface area contributed by atoms with E-state index in [1.165, 1.54) is 11.3 Å². The van der Waals surface area contributed by atoms with Crippen molar-refractivity contribution < 1.29 is 14.3 Å². The average molecular weight is 437 g/mol. The topological polar surface area (TPSA) is 69.5 Å². The van der Waals surface area contributed by atoms with Crippen LogP contribution in [-0.2, 0) is 6.54 Å². The number of benzene rings is 2. The first kappa shape index (κ1) is 20.9. The second-order valence-electron chi connectivity index (χ2n) is 6.88. The Morgan fingerprint density at radius 3 is 2.87 bits per heavy atom. The fourth-order valence-electron chi connectivity index (χ4n) is 3.33. The summed E-state index contributed by atoms with van der Waals surface area (Å²) >= 11 is 1.49. The molecule has 0 N–H and O–H groups in total. The van der Waals surface area contributed by atoms with Crippen LogP contribution < -0.4 is 14.4 Å². The van der Waals surface area contributed by atoms with Crippen LogP contribution in [0.15, 0.2) is 61.2 Å². The summed E-state index contributed by atoms with van der Waals surface area (Å²) in [5, 5.41) is 0.653. The van der Waals surface area contributed by atoms with Crippen molar-refractivity contribution in [2.45, 2.75) is 19.9 Å². The molecular weight excluding hydrogens is 412 g/mol. The van der Waals surface area contributed by atoms with Crippen molar-refractivity contribution >= 4 is 32.6 Å². The first-order valence-electron chi connectivity index (χ1n) is 10.1. The number of thiazole rings is 1. The summed E-state index contributed by atoms with van der Waals surface area (Å²) in [4.78, 5) is 24.1. The van der Waals surface area contributed by atoms with E-state index in [0.29, 0.717) is 29.6 Å². The summed E-state index contributed by atoms with van der Waals surface area (Å²) in [6.07, 6.45) is 6.21. The number of anilines is 1. The molecule has 0 unspecified atom stereocenters. The fraction of sp³-hybridized carbons (Fsp3) is 0.261. The van der Waals surface area contributed by atoms with Crippen LogP contribution >= 0.6 is 11.3 Å². The van der Waals surface area contributed by atoms with E-state index in [2.05, 4.69) is 4.98 Å². The van der Waals surface area contributed by atoms with Gasteiger partial charge in [0.15, 0.2) is 5.13 Å². The highest BCUT2D eigenvalue weighted by atomic mass is 32.1. The lowest BCUT2D eigenvalue weighted by Crippen LogP contribution is -2.32. The van der Waals surface area contributed by atoms with Crippen molar-refractivity contribution in [2.75, 3.05) is 25.2 Å². The Bertz CT molecular complexity index is 1160. The quantitative estimate of drug-likeness (QED) is 0.382. The number of nitrogens with zero attached hydrogens (tertiary/aromatic N) is 4. The van der Waals surface area contributed by atoms with E-state index in [9.17, 15) is 4.79 Å². The zero-order valence-corrected chi connectivity index (χ0v) is 18.3. The molecule has 0 spiro atoms. The van der Waals surface area contributed by atoms with Crippen LogP contribution in [-0.4, -0.2) is 40.7 Å². The van der Waals surface area contributed by atoms with Crippen molar-refractivity contribution in [2.24, 2.45) is 0 Å². The second kappa shape index (κ2) is 9.61. The summed E-state index contributed by atoms with van der Waals surface area (Å²) in [5.74, 6) is 1.27.